The first-order valence-electron chi connectivity index (χ1n) is 17.3. The second kappa shape index (κ2) is 15.9. The molecule has 2 aliphatic carbocycles. The third kappa shape index (κ3) is 8.97. The fourth-order valence-electron chi connectivity index (χ4n) is 6.79. The molecule has 1 aliphatic heterocycles. The zero-order chi connectivity index (χ0) is 33.5. The number of hydrogen-bond acceptors (Lipinski definition) is 6. The molecule has 4 amide bonds. The Morgan fingerprint density at radius 1 is 0.957 bits per heavy atom. The van der Waals surface area contributed by atoms with Gasteiger partial charge in [-0.15, -0.1) is 0 Å². The first-order chi connectivity index (χ1) is 22.6. The first-order valence-corrected chi connectivity index (χ1v) is 17.3. The maximum absolute atomic E-state index is 15.7. The van der Waals surface area contributed by atoms with E-state index < -0.39 is 35.6 Å². The van der Waals surface area contributed by atoms with Crippen molar-refractivity contribution in [1.29, 1.82) is 0 Å². The summed E-state index contributed by atoms with van der Waals surface area (Å²) in [6.45, 7) is 6.84. The zero-order valence-electron chi connectivity index (χ0n) is 28.0. The van der Waals surface area contributed by atoms with Crippen molar-refractivity contribution in [1.82, 2.24) is 30.2 Å². The zero-order valence-corrected chi connectivity index (χ0v) is 28.0. The minimum absolute atomic E-state index is 0.00265. The van der Waals surface area contributed by atoms with Gasteiger partial charge in [-0.3, -0.25) is 23.9 Å². The second-order valence-corrected chi connectivity index (χ2v) is 13.6. The number of carbonyl (C=O) groups is 4. The molecule has 0 spiro atoms. The van der Waals surface area contributed by atoms with E-state index in [-0.39, 0.29) is 23.4 Å². The number of carbonyl (C=O) groups excluding carboxylic acids is 4. The van der Waals surface area contributed by atoms with Crippen molar-refractivity contribution in [3.05, 3.63) is 47.5 Å². The molecule has 12 heteroatoms. The van der Waals surface area contributed by atoms with Crippen LogP contribution in [-0.4, -0.2) is 88.5 Å². The fourth-order valence-corrected chi connectivity index (χ4v) is 6.79. The lowest BCUT2D eigenvalue weighted by Gasteiger charge is -2.36. The van der Waals surface area contributed by atoms with Crippen molar-refractivity contribution in [2.75, 3.05) is 38.5 Å². The summed E-state index contributed by atoms with van der Waals surface area (Å²) in [5.41, 5.74) is 0.909. The second-order valence-electron chi connectivity index (χ2n) is 13.6. The molecule has 5 rings (SSSR count). The van der Waals surface area contributed by atoms with Crippen LogP contribution in [0.15, 0.2) is 30.5 Å². The quantitative estimate of drug-likeness (QED) is 0.299. The molecule has 3 N–H and O–H groups in total. The lowest BCUT2D eigenvalue weighted by atomic mass is 9.90. The van der Waals surface area contributed by atoms with Crippen LogP contribution in [0.1, 0.15) is 93.6 Å². The average Bonchev–Trinajstić information content (AvgIpc) is 3.81. The Balaban J connectivity index is 1.32. The number of aryl methyl sites for hydroxylation is 1. The Bertz CT molecular complexity index is 1410. The number of hydrogen-bond donors (Lipinski definition) is 3. The SMILES string of the molecule is CCn1nccc1C(=O)NC(C(=O)Nc1ccc([C@H](C)[C@@H](NC(=O)CC2CC2)C(=O)N2CCN(C)CC2)cc1F)C1CCCCCC1. The van der Waals surface area contributed by atoms with E-state index in [0.717, 1.165) is 64.5 Å². The number of rotatable bonds is 12. The molecule has 47 heavy (non-hydrogen) atoms. The monoisotopic (exact) mass is 651 g/mol. The van der Waals surface area contributed by atoms with Crippen molar-refractivity contribution in [2.45, 2.75) is 96.2 Å². The summed E-state index contributed by atoms with van der Waals surface area (Å²) in [5, 5.41) is 12.8. The number of piperazine rings is 1. The number of benzene rings is 1. The standard InChI is InChI=1S/C35H50FN7O4/c1-4-43-29(15-16-37-43)33(45)40-32(25-9-7-5-6-8-10-25)34(46)38-28-14-13-26(22-27(28)36)23(2)31(39-30(44)21-24-11-12-24)35(47)42-19-17-41(3)18-20-42/h13-16,22-25,31-32H,4-12,17-21H2,1-3H3,(H,38,46)(H,39,44)(H,40,45)/t23-,31+,32?/m0/s1. The number of aromatic nitrogens is 2. The molecule has 2 saturated carbocycles. The Labute approximate surface area is 277 Å². The van der Waals surface area contributed by atoms with Crippen LogP contribution in [0.4, 0.5) is 10.1 Å². The van der Waals surface area contributed by atoms with Crippen LogP contribution < -0.4 is 16.0 Å². The van der Waals surface area contributed by atoms with Crippen molar-refractivity contribution in [2.24, 2.45) is 11.8 Å². The number of likely N-dealkylation sites (N-methyl/N-ethyl adjacent to an activating group) is 1. The van der Waals surface area contributed by atoms with Crippen molar-refractivity contribution in [3.63, 3.8) is 0 Å². The highest BCUT2D eigenvalue weighted by Crippen LogP contribution is 2.33. The van der Waals surface area contributed by atoms with Gasteiger partial charge < -0.3 is 25.8 Å². The van der Waals surface area contributed by atoms with Crippen LogP contribution in [0.25, 0.3) is 0 Å². The van der Waals surface area contributed by atoms with Crippen LogP contribution in [-0.2, 0) is 20.9 Å². The van der Waals surface area contributed by atoms with Gasteiger partial charge in [0, 0.05) is 51.3 Å². The number of amides is 4. The maximum atomic E-state index is 15.7. The Morgan fingerprint density at radius 3 is 2.30 bits per heavy atom. The third-order valence-electron chi connectivity index (χ3n) is 10.0. The summed E-state index contributed by atoms with van der Waals surface area (Å²) in [6, 6.07) is 4.47. The molecule has 11 nitrogen and oxygen atoms in total. The van der Waals surface area contributed by atoms with Crippen LogP contribution >= 0.6 is 0 Å². The minimum atomic E-state index is -0.842. The number of nitrogens with zero attached hydrogens (tertiary/aromatic N) is 4. The van der Waals surface area contributed by atoms with Crippen molar-refractivity contribution in [3.8, 4) is 0 Å². The molecule has 1 unspecified atom stereocenters. The molecule has 1 aromatic heterocycles. The Hall–Kier alpha value is -3.80. The lowest BCUT2D eigenvalue weighted by Crippen LogP contribution is -2.55. The molecule has 1 saturated heterocycles. The minimum Gasteiger partial charge on any atom is -0.344 e. The lowest BCUT2D eigenvalue weighted by molar-refractivity contribution is -0.138. The van der Waals surface area contributed by atoms with E-state index in [2.05, 4.69) is 25.9 Å². The largest absolute Gasteiger partial charge is 0.344 e. The normalized spacial score (nSPS) is 19.7. The van der Waals surface area contributed by atoms with E-state index in [1.165, 1.54) is 12.1 Å². The van der Waals surface area contributed by atoms with Crippen molar-refractivity contribution >= 4 is 29.3 Å². The van der Waals surface area contributed by atoms with Gasteiger partial charge in [0.15, 0.2) is 0 Å². The summed E-state index contributed by atoms with van der Waals surface area (Å²) < 4.78 is 17.3. The molecule has 1 aromatic carbocycles. The summed E-state index contributed by atoms with van der Waals surface area (Å²) >= 11 is 0. The van der Waals surface area contributed by atoms with Crippen molar-refractivity contribution < 1.29 is 23.6 Å². The van der Waals surface area contributed by atoms with E-state index >= 15 is 4.39 Å². The molecule has 0 radical (unpaired) electrons. The highest BCUT2D eigenvalue weighted by atomic mass is 19.1. The van der Waals surface area contributed by atoms with Gasteiger partial charge in [0.2, 0.25) is 17.7 Å². The highest BCUT2D eigenvalue weighted by Gasteiger charge is 2.35. The molecular formula is C35H50FN7O4. The van der Waals surface area contributed by atoms with E-state index in [9.17, 15) is 19.2 Å². The molecule has 2 heterocycles. The molecule has 3 atom stereocenters. The number of halogens is 1. The van der Waals surface area contributed by atoms with Crippen LogP contribution in [0, 0.1) is 17.7 Å². The fraction of sp³-hybridized carbons (Fsp3) is 0.629. The Morgan fingerprint density at radius 2 is 1.66 bits per heavy atom. The molecular weight excluding hydrogens is 601 g/mol. The first kappa shape index (κ1) is 34.5. The average molecular weight is 652 g/mol. The molecule has 3 aliphatic rings. The molecule has 256 valence electrons. The summed E-state index contributed by atoms with van der Waals surface area (Å²) in [5.74, 6) is -2.06. The number of anilines is 1. The van der Waals surface area contributed by atoms with Gasteiger partial charge in [-0.05, 0) is 75.3 Å². The predicted molar refractivity (Wildman–Crippen MR) is 177 cm³/mol. The van der Waals surface area contributed by atoms with E-state index in [0.29, 0.717) is 43.2 Å². The van der Waals surface area contributed by atoms with Crippen LogP contribution in [0.3, 0.4) is 0 Å². The van der Waals surface area contributed by atoms with Crippen LogP contribution in [0.5, 0.6) is 0 Å². The van der Waals surface area contributed by atoms with Crippen LogP contribution in [0.2, 0.25) is 0 Å². The maximum Gasteiger partial charge on any atom is 0.270 e. The van der Waals surface area contributed by atoms with Gasteiger partial charge in [0.05, 0.1) is 5.69 Å². The highest BCUT2D eigenvalue weighted by molar-refractivity contribution is 6.00. The molecule has 3 fully saturated rings. The Kier molecular flexibility index (Phi) is 11.7. The topological polar surface area (TPSA) is 129 Å². The summed E-state index contributed by atoms with van der Waals surface area (Å²) in [7, 11) is 2.01. The van der Waals surface area contributed by atoms with Gasteiger partial charge in [0.25, 0.3) is 5.91 Å². The predicted octanol–water partition coefficient (Wildman–Crippen LogP) is 3.91. The van der Waals surface area contributed by atoms with E-state index in [1.54, 1.807) is 27.9 Å². The third-order valence-corrected chi connectivity index (χ3v) is 10.0. The number of nitrogens with one attached hydrogen (secondary N) is 3. The molecule has 0 bridgehead atoms. The van der Waals surface area contributed by atoms with Gasteiger partial charge in [-0.25, -0.2) is 4.39 Å². The van der Waals surface area contributed by atoms with E-state index in [1.807, 2.05) is 20.9 Å². The van der Waals surface area contributed by atoms with Gasteiger partial charge >= 0.3 is 0 Å². The summed E-state index contributed by atoms with van der Waals surface area (Å²) in [4.78, 5) is 57.5. The molecule has 2 aromatic rings. The van der Waals surface area contributed by atoms with Gasteiger partial charge in [-0.2, -0.15) is 5.10 Å². The van der Waals surface area contributed by atoms with Gasteiger partial charge in [0.1, 0.15) is 23.6 Å². The van der Waals surface area contributed by atoms with E-state index in [4.69, 9.17) is 0 Å². The summed E-state index contributed by atoms with van der Waals surface area (Å²) in [6.07, 6.45) is 9.65. The smallest absolute Gasteiger partial charge is 0.270 e. The van der Waals surface area contributed by atoms with Gasteiger partial charge in [-0.1, -0.05) is 38.7 Å².